The number of rotatable bonds is 3. The van der Waals surface area contributed by atoms with Gasteiger partial charge < -0.3 is 0 Å². The van der Waals surface area contributed by atoms with Gasteiger partial charge in [-0.05, 0) is 39.0 Å². The molecule has 0 aliphatic rings. The summed E-state index contributed by atoms with van der Waals surface area (Å²) in [6.45, 7) is 7.60. The lowest BCUT2D eigenvalue weighted by Crippen LogP contribution is -2.36. The maximum atomic E-state index is 13.8. The molecule has 4 aromatic rings. The van der Waals surface area contributed by atoms with Crippen LogP contribution in [0.5, 0.6) is 0 Å². The standard InChI is InChI=1S/C23H22F3N4/c1-14(2)30-20-9-6-5-8-18(20)22(28-30)19-12-17(23(24,25)26)13-21(15(19)3)29-11-7-10-27-16(29)4/h5-14H,1-4H3/q+1. The Labute approximate surface area is 172 Å². The molecule has 0 aliphatic heterocycles. The van der Waals surface area contributed by atoms with Crippen molar-refractivity contribution in [1.29, 1.82) is 0 Å². The molecular formula is C23H22F3N4+. The van der Waals surface area contributed by atoms with E-state index < -0.39 is 11.7 Å². The predicted molar refractivity (Wildman–Crippen MR) is 109 cm³/mol. The van der Waals surface area contributed by atoms with Crippen molar-refractivity contribution in [3.63, 3.8) is 0 Å². The van der Waals surface area contributed by atoms with Crippen LogP contribution in [0.4, 0.5) is 13.2 Å². The fourth-order valence-corrected chi connectivity index (χ4v) is 3.74. The van der Waals surface area contributed by atoms with Crippen molar-refractivity contribution >= 4 is 10.9 Å². The Morgan fingerprint density at radius 1 is 1.03 bits per heavy atom. The third-order valence-electron chi connectivity index (χ3n) is 5.26. The number of alkyl halides is 3. The van der Waals surface area contributed by atoms with Gasteiger partial charge in [-0.1, -0.05) is 23.2 Å². The molecule has 0 bridgehead atoms. The zero-order valence-corrected chi connectivity index (χ0v) is 17.2. The molecule has 4 nitrogen and oxygen atoms in total. The summed E-state index contributed by atoms with van der Waals surface area (Å²) in [5.74, 6) is 0.600. The van der Waals surface area contributed by atoms with Gasteiger partial charge in [0.15, 0.2) is 0 Å². The topological polar surface area (TPSA) is 34.6 Å². The van der Waals surface area contributed by atoms with Crippen LogP contribution in [0.25, 0.3) is 27.8 Å². The molecule has 0 spiro atoms. The van der Waals surface area contributed by atoms with Gasteiger partial charge in [-0.2, -0.15) is 18.3 Å². The molecule has 154 valence electrons. The number of nitrogens with zero attached hydrogens (tertiary/aromatic N) is 4. The number of aromatic nitrogens is 4. The first-order valence-corrected chi connectivity index (χ1v) is 9.71. The second-order valence-corrected chi connectivity index (χ2v) is 7.61. The van der Waals surface area contributed by atoms with Crippen LogP contribution in [0, 0.1) is 13.8 Å². The second-order valence-electron chi connectivity index (χ2n) is 7.61. The van der Waals surface area contributed by atoms with Gasteiger partial charge in [-0.25, -0.2) is 4.57 Å². The van der Waals surface area contributed by atoms with Crippen LogP contribution in [0.1, 0.15) is 36.8 Å². The van der Waals surface area contributed by atoms with E-state index in [1.807, 2.05) is 49.7 Å². The summed E-state index contributed by atoms with van der Waals surface area (Å²) in [4.78, 5) is 4.23. The van der Waals surface area contributed by atoms with Crippen LogP contribution in [-0.2, 0) is 6.18 Å². The van der Waals surface area contributed by atoms with Gasteiger partial charge in [0, 0.05) is 35.5 Å². The molecule has 30 heavy (non-hydrogen) atoms. The lowest BCUT2D eigenvalue weighted by atomic mass is 9.97. The van der Waals surface area contributed by atoms with Crippen molar-refractivity contribution in [1.82, 2.24) is 14.8 Å². The average Bonchev–Trinajstić information content (AvgIpc) is 3.08. The molecule has 2 heterocycles. The van der Waals surface area contributed by atoms with E-state index in [4.69, 9.17) is 5.10 Å². The molecule has 4 rings (SSSR count). The summed E-state index contributed by atoms with van der Waals surface area (Å²) in [6.07, 6.45) is -1.14. The number of halogens is 3. The molecule has 7 heteroatoms. The summed E-state index contributed by atoms with van der Waals surface area (Å²) in [6, 6.07) is 11.8. The van der Waals surface area contributed by atoms with Crippen LogP contribution in [0.3, 0.4) is 0 Å². The molecule has 0 unspecified atom stereocenters. The van der Waals surface area contributed by atoms with E-state index in [-0.39, 0.29) is 6.04 Å². The molecule has 0 N–H and O–H groups in total. The SMILES string of the molecule is Cc1c(-c2nn(C(C)C)c3ccccc23)cc(C(F)(F)F)cc1-[n+]1cccnc1C. The van der Waals surface area contributed by atoms with Crippen molar-refractivity contribution in [2.24, 2.45) is 0 Å². The summed E-state index contributed by atoms with van der Waals surface area (Å²) in [7, 11) is 0. The van der Waals surface area contributed by atoms with Crippen LogP contribution in [0.15, 0.2) is 54.9 Å². The van der Waals surface area contributed by atoms with Crippen molar-refractivity contribution < 1.29 is 17.7 Å². The van der Waals surface area contributed by atoms with Crippen LogP contribution in [0.2, 0.25) is 0 Å². The third-order valence-corrected chi connectivity index (χ3v) is 5.26. The van der Waals surface area contributed by atoms with E-state index in [0.29, 0.717) is 28.3 Å². The molecule has 0 saturated carbocycles. The van der Waals surface area contributed by atoms with Crippen LogP contribution in [-0.4, -0.2) is 14.8 Å². The highest BCUT2D eigenvalue weighted by atomic mass is 19.4. The highest BCUT2D eigenvalue weighted by Crippen LogP contribution is 2.38. The van der Waals surface area contributed by atoms with E-state index in [2.05, 4.69) is 4.98 Å². The first-order chi connectivity index (χ1) is 14.2. The molecule has 0 saturated heterocycles. The van der Waals surface area contributed by atoms with Gasteiger partial charge >= 0.3 is 6.18 Å². The average molecular weight is 411 g/mol. The summed E-state index contributed by atoms with van der Waals surface area (Å²) >= 11 is 0. The van der Waals surface area contributed by atoms with Gasteiger partial charge in [0.1, 0.15) is 23.8 Å². The second kappa shape index (κ2) is 7.23. The van der Waals surface area contributed by atoms with Crippen LogP contribution < -0.4 is 4.57 Å². The molecule has 0 fully saturated rings. The molecule has 2 aromatic heterocycles. The molecule has 0 aliphatic carbocycles. The normalized spacial score (nSPS) is 12.1. The Kier molecular flexibility index (Phi) is 4.84. The molecular weight excluding hydrogens is 389 g/mol. The molecule has 0 atom stereocenters. The largest absolute Gasteiger partial charge is 0.416 e. The monoisotopic (exact) mass is 411 g/mol. The zero-order chi connectivity index (χ0) is 21.6. The summed E-state index contributed by atoms with van der Waals surface area (Å²) in [5, 5.41) is 5.55. The Balaban J connectivity index is 2.08. The van der Waals surface area contributed by atoms with Crippen molar-refractivity contribution in [3.05, 3.63) is 71.8 Å². The fraction of sp³-hybridized carbons (Fsp3) is 0.261. The summed E-state index contributed by atoms with van der Waals surface area (Å²) in [5.41, 5.74) is 2.34. The van der Waals surface area contributed by atoms with E-state index in [1.54, 1.807) is 30.0 Å². The zero-order valence-electron chi connectivity index (χ0n) is 17.2. The molecule has 0 amide bonds. The minimum atomic E-state index is -4.48. The third kappa shape index (κ3) is 3.34. The van der Waals surface area contributed by atoms with Gasteiger partial charge in [0.05, 0.1) is 11.1 Å². The Morgan fingerprint density at radius 3 is 2.43 bits per heavy atom. The van der Waals surface area contributed by atoms with Crippen LogP contribution >= 0.6 is 0 Å². The number of hydrogen-bond acceptors (Lipinski definition) is 2. The molecule has 2 aromatic carbocycles. The first kappa shape index (κ1) is 20.1. The van der Waals surface area contributed by atoms with Crippen molar-refractivity contribution in [2.75, 3.05) is 0 Å². The molecule has 0 radical (unpaired) electrons. The summed E-state index contributed by atoms with van der Waals surface area (Å²) < 4.78 is 45.0. The van der Waals surface area contributed by atoms with Gasteiger partial charge in [0.25, 0.3) is 5.82 Å². The minimum absolute atomic E-state index is 0.0733. The van der Waals surface area contributed by atoms with Gasteiger partial charge in [-0.15, -0.1) is 0 Å². The number of para-hydroxylation sites is 1. The smallest absolute Gasteiger partial charge is 0.262 e. The van der Waals surface area contributed by atoms with Gasteiger partial charge in [-0.3, -0.25) is 4.68 Å². The highest BCUT2D eigenvalue weighted by molar-refractivity contribution is 5.94. The van der Waals surface area contributed by atoms with Crippen molar-refractivity contribution in [2.45, 2.75) is 39.9 Å². The fourth-order valence-electron chi connectivity index (χ4n) is 3.74. The lowest BCUT2D eigenvalue weighted by Gasteiger charge is -2.14. The van der Waals surface area contributed by atoms with E-state index in [1.165, 1.54) is 12.1 Å². The predicted octanol–water partition coefficient (Wildman–Crippen LogP) is 5.59. The Bertz CT molecular complexity index is 1240. The highest BCUT2D eigenvalue weighted by Gasteiger charge is 2.34. The Morgan fingerprint density at radius 2 is 1.77 bits per heavy atom. The lowest BCUT2D eigenvalue weighted by molar-refractivity contribution is -0.606. The van der Waals surface area contributed by atoms with E-state index >= 15 is 0 Å². The maximum absolute atomic E-state index is 13.8. The number of aryl methyl sites for hydroxylation is 1. The number of hydrogen-bond donors (Lipinski definition) is 0. The van der Waals surface area contributed by atoms with E-state index in [0.717, 1.165) is 10.9 Å². The van der Waals surface area contributed by atoms with E-state index in [9.17, 15) is 13.2 Å². The minimum Gasteiger partial charge on any atom is -0.262 e. The number of fused-ring (bicyclic) bond motifs is 1. The Hall–Kier alpha value is -3.22. The first-order valence-electron chi connectivity index (χ1n) is 9.71. The maximum Gasteiger partial charge on any atom is 0.416 e. The van der Waals surface area contributed by atoms with Crippen molar-refractivity contribution in [3.8, 4) is 16.9 Å². The number of benzene rings is 2. The van der Waals surface area contributed by atoms with Gasteiger partial charge in [0.2, 0.25) is 0 Å². The quantitative estimate of drug-likeness (QED) is 0.412.